The first kappa shape index (κ1) is 24.5. The van der Waals surface area contributed by atoms with E-state index in [0.29, 0.717) is 24.5 Å². The van der Waals surface area contributed by atoms with Gasteiger partial charge in [0.1, 0.15) is 6.04 Å². The van der Waals surface area contributed by atoms with Gasteiger partial charge in [0.15, 0.2) is 0 Å². The Balaban J connectivity index is 1.98. The van der Waals surface area contributed by atoms with Gasteiger partial charge >= 0.3 is 0 Å². The maximum absolute atomic E-state index is 13.7. The van der Waals surface area contributed by atoms with Gasteiger partial charge in [-0.1, -0.05) is 77.8 Å². The molecule has 1 unspecified atom stereocenters. The predicted molar refractivity (Wildman–Crippen MR) is 134 cm³/mol. The fourth-order valence-electron chi connectivity index (χ4n) is 3.93. The van der Waals surface area contributed by atoms with E-state index in [1.165, 1.54) is 0 Å². The summed E-state index contributed by atoms with van der Waals surface area (Å²) in [6, 6.07) is 22.7. The summed E-state index contributed by atoms with van der Waals surface area (Å²) in [4.78, 5) is 28.6. The zero-order chi connectivity index (χ0) is 23.8. The van der Waals surface area contributed by atoms with Crippen molar-refractivity contribution in [1.82, 2.24) is 10.2 Å². The van der Waals surface area contributed by atoms with Crippen molar-refractivity contribution in [3.05, 3.63) is 106 Å². The van der Waals surface area contributed by atoms with E-state index in [-0.39, 0.29) is 18.2 Å². The first-order valence-electron chi connectivity index (χ1n) is 11.3. The van der Waals surface area contributed by atoms with Crippen LogP contribution in [0.25, 0.3) is 0 Å². The molecule has 33 heavy (non-hydrogen) atoms. The number of hydrogen-bond donors (Lipinski definition) is 1. The Morgan fingerprint density at radius 3 is 2.36 bits per heavy atom. The lowest BCUT2D eigenvalue weighted by Crippen LogP contribution is -2.51. The van der Waals surface area contributed by atoms with Crippen molar-refractivity contribution in [3.8, 4) is 0 Å². The number of hydrogen-bond acceptors (Lipinski definition) is 2. The fourth-order valence-corrected chi connectivity index (χ4v) is 4.15. The third-order valence-corrected chi connectivity index (χ3v) is 5.95. The molecule has 4 nitrogen and oxygen atoms in total. The molecular formula is C28H31ClN2O2. The van der Waals surface area contributed by atoms with Gasteiger partial charge < -0.3 is 10.2 Å². The summed E-state index contributed by atoms with van der Waals surface area (Å²) in [5.41, 5.74) is 5.04. The molecule has 0 aliphatic rings. The van der Waals surface area contributed by atoms with Crippen LogP contribution in [0.3, 0.4) is 0 Å². The molecule has 0 saturated carbocycles. The summed E-state index contributed by atoms with van der Waals surface area (Å²) < 4.78 is 0. The molecule has 1 N–H and O–H groups in total. The molecule has 0 heterocycles. The van der Waals surface area contributed by atoms with Gasteiger partial charge in [-0.05, 0) is 55.2 Å². The van der Waals surface area contributed by atoms with Crippen molar-refractivity contribution < 1.29 is 9.59 Å². The van der Waals surface area contributed by atoms with Crippen LogP contribution >= 0.6 is 11.6 Å². The van der Waals surface area contributed by atoms with E-state index in [4.69, 9.17) is 11.6 Å². The molecule has 0 saturated heterocycles. The fraction of sp³-hybridized carbons (Fsp3) is 0.286. The summed E-state index contributed by atoms with van der Waals surface area (Å²) >= 11 is 6.21. The zero-order valence-electron chi connectivity index (χ0n) is 19.5. The highest BCUT2D eigenvalue weighted by atomic mass is 35.5. The number of halogens is 1. The Bertz CT molecular complexity index is 1100. The normalized spacial score (nSPS) is 11.6. The van der Waals surface area contributed by atoms with E-state index in [1.807, 2.05) is 87.5 Å². The minimum atomic E-state index is -0.635. The van der Waals surface area contributed by atoms with Gasteiger partial charge in [0.05, 0.1) is 6.42 Å². The molecule has 172 valence electrons. The number of carbonyl (C=O) groups excluding carboxylic acids is 2. The summed E-state index contributed by atoms with van der Waals surface area (Å²) in [5.74, 6) is -0.242. The van der Waals surface area contributed by atoms with Crippen LogP contribution in [0.5, 0.6) is 0 Å². The molecule has 0 radical (unpaired) electrons. The number of aryl methyl sites for hydroxylation is 2. The van der Waals surface area contributed by atoms with E-state index in [2.05, 4.69) is 5.32 Å². The highest BCUT2D eigenvalue weighted by molar-refractivity contribution is 6.30. The van der Waals surface area contributed by atoms with Crippen LogP contribution in [0.1, 0.15) is 34.7 Å². The van der Waals surface area contributed by atoms with Crippen LogP contribution in [0.2, 0.25) is 5.02 Å². The minimum absolute atomic E-state index is 0.0872. The van der Waals surface area contributed by atoms with E-state index >= 15 is 0 Å². The molecule has 5 heteroatoms. The number of benzene rings is 3. The van der Waals surface area contributed by atoms with Gasteiger partial charge in [-0.25, -0.2) is 0 Å². The topological polar surface area (TPSA) is 49.4 Å². The summed E-state index contributed by atoms with van der Waals surface area (Å²) in [5, 5.41) is 3.53. The van der Waals surface area contributed by atoms with Gasteiger partial charge in [0.2, 0.25) is 11.8 Å². The van der Waals surface area contributed by atoms with Gasteiger partial charge in [-0.2, -0.15) is 0 Å². The largest absolute Gasteiger partial charge is 0.355 e. The Kier molecular flexibility index (Phi) is 8.67. The third-order valence-electron chi connectivity index (χ3n) is 5.71. The van der Waals surface area contributed by atoms with Crippen molar-refractivity contribution in [1.29, 1.82) is 0 Å². The molecule has 0 aromatic heterocycles. The second-order valence-corrected chi connectivity index (χ2v) is 8.79. The highest BCUT2D eigenvalue weighted by Gasteiger charge is 2.30. The first-order chi connectivity index (χ1) is 15.9. The third kappa shape index (κ3) is 6.93. The van der Waals surface area contributed by atoms with E-state index < -0.39 is 6.04 Å². The average molecular weight is 463 g/mol. The summed E-state index contributed by atoms with van der Waals surface area (Å²) in [7, 11) is 0. The predicted octanol–water partition coefficient (Wildman–Crippen LogP) is 5.28. The molecule has 3 aromatic rings. The number of rotatable bonds is 9. The van der Waals surface area contributed by atoms with Gasteiger partial charge in [0, 0.05) is 24.5 Å². The molecule has 0 spiro atoms. The number of likely N-dealkylation sites (N-methyl/N-ethyl adjacent to an activating group) is 1. The van der Waals surface area contributed by atoms with Crippen molar-refractivity contribution >= 4 is 23.4 Å². The molecule has 0 aliphatic carbocycles. The maximum Gasteiger partial charge on any atom is 0.243 e. The van der Waals surface area contributed by atoms with Gasteiger partial charge in [-0.3, -0.25) is 9.59 Å². The number of nitrogens with zero attached hydrogens (tertiary/aromatic N) is 1. The van der Waals surface area contributed by atoms with Crippen LogP contribution in [-0.4, -0.2) is 29.3 Å². The molecule has 0 bridgehead atoms. The van der Waals surface area contributed by atoms with Crippen LogP contribution in [0, 0.1) is 13.8 Å². The van der Waals surface area contributed by atoms with Crippen LogP contribution in [0.4, 0.5) is 0 Å². The molecule has 0 aliphatic heterocycles. The SMILES string of the molecule is CCNC(=O)C(Cc1ccccc1)N(Cc1cccc(Cl)c1)C(=O)Cc1cc(C)ccc1C. The Morgan fingerprint density at radius 1 is 0.939 bits per heavy atom. The smallest absolute Gasteiger partial charge is 0.243 e. The Morgan fingerprint density at radius 2 is 1.67 bits per heavy atom. The van der Waals surface area contributed by atoms with Crippen LogP contribution in [0.15, 0.2) is 72.8 Å². The van der Waals surface area contributed by atoms with E-state index in [9.17, 15) is 9.59 Å². The summed E-state index contributed by atoms with van der Waals surface area (Å²) in [6.07, 6.45) is 0.671. The second-order valence-electron chi connectivity index (χ2n) is 8.36. The second kappa shape index (κ2) is 11.7. The molecule has 3 rings (SSSR count). The number of amides is 2. The Labute approximate surface area is 201 Å². The lowest BCUT2D eigenvalue weighted by atomic mass is 9.99. The highest BCUT2D eigenvalue weighted by Crippen LogP contribution is 2.20. The van der Waals surface area contributed by atoms with Crippen LogP contribution in [-0.2, 0) is 29.0 Å². The standard InChI is InChI=1S/C28H31ClN2O2/c1-4-30-28(33)26(17-22-9-6-5-7-10-22)31(19-23-11-8-12-25(29)16-23)27(32)18-24-15-20(2)13-14-21(24)3/h5-16,26H,4,17-19H2,1-3H3,(H,30,33). The van der Waals surface area contributed by atoms with Crippen molar-refractivity contribution in [2.75, 3.05) is 6.54 Å². The molecular weight excluding hydrogens is 432 g/mol. The van der Waals surface area contributed by atoms with Crippen LogP contribution < -0.4 is 5.32 Å². The lowest BCUT2D eigenvalue weighted by molar-refractivity contribution is -0.140. The average Bonchev–Trinajstić information content (AvgIpc) is 2.79. The number of carbonyl (C=O) groups is 2. The Hall–Kier alpha value is -3.11. The molecule has 2 amide bonds. The molecule has 3 aromatic carbocycles. The van der Waals surface area contributed by atoms with Crippen molar-refractivity contribution in [2.24, 2.45) is 0 Å². The minimum Gasteiger partial charge on any atom is -0.355 e. The lowest BCUT2D eigenvalue weighted by Gasteiger charge is -2.32. The quantitative estimate of drug-likeness (QED) is 0.470. The first-order valence-corrected chi connectivity index (χ1v) is 11.7. The van der Waals surface area contributed by atoms with Gasteiger partial charge in [0.25, 0.3) is 0 Å². The number of nitrogens with one attached hydrogen (secondary N) is 1. The zero-order valence-corrected chi connectivity index (χ0v) is 20.2. The maximum atomic E-state index is 13.7. The van der Waals surface area contributed by atoms with E-state index in [1.54, 1.807) is 11.0 Å². The molecule has 1 atom stereocenters. The monoisotopic (exact) mass is 462 g/mol. The van der Waals surface area contributed by atoms with Gasteiger partial charge in [-0.15, -0.1) is 0 Å². The van der Waals surface area contributed by atoms with Crippen molar-refractivity contribution in [2.45, 2.75) is 46.2 Å². The molecule has 0 fully saturated rings. The van der Waals surface area contributed by atoms with E-state index in [0.717, 1.165) is 27.8 Å². The summed E-state index contributed by atoms with van der Waals surface area (Å²) in [6.45, 7) is 6.72. The van der Waals surface area contributed by atoms with Crippen molar-refractivity contribution in [3.63, 3.8) is 0 Å².